The Morgan fingerprint density at radius 1 is 1.10 bits per heavy atom. The molecule has 0 aliphatic carbocycles. The highest BCUT2D eigenvalue weighted by Gasteiger charge is 2.25. The smallest absolute Gasteiger partial charge is 0.423 e. The van der Waals surface area contributed by atoms with E-state index in [0.29, 0.717) is 31.1 Å². The number of urea groups is 1. The number of aliphatic imine (C=N–C) groups is 2. The SMILES string of the molecule is CCCNC(=O)N(CCC)C(=O)Oc1ccc2c(c1)C1=CC=NC1=N2.O=C(O)C(=O)O. The first-order valence-electron chi connectivity index (χ1n) is 9.49. The standard InChI is InChI=1S/C18H20N4O3.C2H2O4/c1-3-8-20-17(23)22(10-4-2)18(24)25-12-5-6-15-14(11-12)13-7-9-19-16(13)21-15;3-1(4)2(5)6/h5-7,9,11H,3-4,8,10H2,1-2H3,(H,20,23);(H,3,4)(H,5,6). The minimum Gasteiger partial charge on any atom is -0.473 e. The number of nitrogens with zero attached hydrogens (tertiary/aromatic N) is 3. The van der Waals surface area contributed by atoms with Gasteiger partial charge in [0.25, 0.3) is 0 Å². The summed E-state index contributed by atoms with van der Waals surface area (Å²) >= 11 is 0. The van der Waals surface area contributed by atoms with Gasteiger partial charge >= 0.3 is 24.1 Å². The fourth-order valence-electron chi connectivity index (χ4n) is 2.61. The largest absolute Gasteiger partial charge is 0.473 e. The Kier molecular flexibility index (Phi) is 8.01. The zero-order valence-corrected chi connectivity index (χ0v) is 17.0. The van der Waals surface area contributed by atoms with Crippen molar-refractivity contribution in [1.29, 1.82) is 0 Å². The molecule has 11 nitrogen and oxygen atoms in total. The van der Waals surface area contributed by atoms with Crippen molar-refractivity contribution < 1.29 is 34.1 Å². The second-order valence-corrected chi connectivity index (χ2v) is 6.33. The van der Waals surface area contributed by atoms with E-state index in [0.717, 1.165) is 28.1 Å². The third-order valence-corrected chi connectivity index (χ3v) is 3.99. The van der Waals surface area contributed by atoms with Gasteiger partial charge in [-0.05, 0) is 37.1 Å². The Morgan fingerprint density at radius 2 is 1.81 bits per heavy atom. The first-order valence-corrected chi connectivity index (χ1v) is 9.49. The quantitative estimate of drug-likeness (QED) is 0.606. The van der Waals surface area contributed by atoms with Gasteiger partial charge in [-0.2, -0.15) is 0 Å². The summed E-state index contributed by atoms with van der Waals surface area (Å²) in [5.41, 5.74) is 2.58. The third-order valence-electron chi connectivity index (χ3n) is 3.99. The molecular weight excluding hydrogens is 408 g/mol. The molecule has 0 aromatic heterocycles. The van der Waals surface area contributed by atoms with E-state index in [1.165, 1.54) is 0 Å². The fourth-order valence-corrected chi connectivity index (χ4v) is 2.61. The molecule has 1 aromatic carbocycles. The molecule has 2 heterocycles. The molecule has 11 heteroatoms. The van der Waals surface area contributed by atoms with Crippen LogP contribution in [0.15, 0.2) is 34.3 Å². The number of nitrogens with one attached hydrogen (secondary N) is 1. The number of imide groups is 1. The number of carboxylic acids is 2. The van der Waals surface area contributed by atoms with E-state index in [1.54, 1.807) is 24.4 Å². The number of amidine groups is 1. The molecule has 2 aliphatic heterocycles. The summed E-state index contributed by atoms with van der Waals surface area (Å²) < 4.78 is 5.41. The van der Waals surface area contributed by atoms with Gasteiger partial charge in [-0.3, -0.25) is 0 Å². The van der Waals surface area contributed by atoms with Gasteiger partial charge in [0, 0.05) is 30.4 Å². The zero-order valence-electron chi connectivity index (χ0n) is 17.0. The normalized spacial score (nSPS) is 12.5. The summed E-state index contributed by atoms with van der Waals surface area (Å²) in [6, 6.07) is 4.76. The lowest BCUT2D eigenvalue weighted by atomic mass is 10.1. The van der Waals surface area contributed by atoms with E-state index in [1.807, 2.05) is 19.9 Å². The van der Waals surface area contributed by atoms with E-state index in [4.69, 9.17) is 24.5 Å². The average molecular weight is 430 g/mol. The van der Waals surface area contributed by atoms with Gasteiger partial charge in [0.05, 0.1) is 5.69 Å². The van der Waals surface area contributed by atoms with Gasteiger partial charge in [0.15, 0.2) is 5.84 Å². The van der Waals surface area contributed by atoms with E-state index in [9.17, 15) is 9.59 Å². The molecule has 0 saturated carbocycles. The zero-order chi connectivity index (χ0) is 23.0. The van der Waals surface area contributed by atoms with Crippen LogP contribution in [-0.4, -0.2) is 64.3 Å². The second kappa shape index (κ2) is 10.7. The van der Waals surface area contributed by atoms with Crippen LogP contribution in [0.4, 0.5) is 15.3 Å². The van der Waals surface area contributed by atoms with Crippen molar-refractivity contribution in [2.24, 2.45) is 9.98 Å². The lowest BCUT2D eigenvalue weighted by Gasteiger charge is -2.20. The topological polar surface area (TPSA) is 158 Å². The predicted octanol–water partition coefficient (Wildman–Crippen LogP) is 2.68. The average Bonchev–Trinajstić information content (AvgIpc) is 3.32. The Bertz CT molecular complexity index is 970. The number of fused-ring (bicyclic) bond motifs is 3. The number of benzene rings is 1. The predicted molar refractivity (Wildman–Crippen MR) is 112 cm³/mol. The molecule has 3 N–H and O–H groups in total. The van der Waals surface area contributed by atoms with Crippen LogP contribution < -0.4 is 10.1 Å². The molecule has 0 atom stereocenters. The molecule has 3 amide bonds. The molecule has 1 aromatic rings. The Balaban J connectivity index is 0.000000501. The van der Waals surface area contributed by atoms with E-state index in [-0.39, 0.29) is 0 Å². The molecule has 0 spiro atoms. The minimum atomic E-state index is -1.82. The maximum absolute atomic E-state index is 12.4. The number of amides is 3. The van der Waals surface area contributed by atoms with Crippen molar-refractivity contribution in [3.63, 3.8) is 0 Å². The van der Waals surface area contributed by atoms with Crippen molar-refractivity contribution in [1.82, 2.24) is 10.2 Å². The second-order valence-electron chi connectivity index (χ2n) is 6.33. The number of ether oxygens (including phenoxy) is 1. The summed E-state index contributed by atoms with van der Waals surface area (Å²) in [6.07, 6.45) is 4.33. The molecule has 31 heavy (non-hydrogen) atoms. The Labute approximate surface area is 177 Å². The molecule has 0 fully saturated rings. The number of allylic oxidation sites excluding steroid dienone is 1. The lowest BCUT2D eigenvalue weighted by Crippen LogP contribution is -2.45. The highest BCUT2D eigenvalue weighted by atomic mass is 16.6. The van der Waals surface area contributed by atoms with Gasteiger partial charge in [0.1, 0.15) is 5.75 Å². The van der Waals surface area contributed by atoms with Crippen molar-refractivity contribution in [3.05, 3.63) is 29.8 Å². The number of carboxylic acid groups (broad SMARTS) is 2. The van der Waals surface area contributed by atoms with Crippen molar-refractivity contribution in [2.75, 3.05) is 13.1 Å². The van der Waals surface area contributed by atoms with Gasteiger partial charge in [-0.25, -0.2) is 34.1 Å². The van der Waals surface area contributed by atoms with Crippen molar-refractivity contribution in [3.8, 4) is 5.75 Å². The van der Waals surface area contributed by atoms with Gasteiger partial charge in [-0.15, -0.1) is 0 Å². The summed E-state index contributed by atoms with van der Waals surface area (Å²) in [6.45, 7) is 4.66. The molecule has 164 valence electrons. The molecule has 0 unspecified atom stereocenters. The van der Waals surface area contributed by atoms with Crippen LogP contribution in [0.5, 0.6) is 5.75 Å². The molecule has 0 radical (unpaired) electrons. The molecular formula is C20H22N4O7. The molecule has 0 bridgehead atoms. The molecule has 2 aliphatic rings. The highest BCUT2D eigenvalue weighted by Crippen LogP contribution is 2.38. The summed E-state index contributed by atoms with van der Waals surface area (Å²) in [5.74, 6) is -2.60. The number of aliphatic carboxylic acids is 2. The highest BCUT2D eigenvalue weighted by molar-refractivity contribution is 6.35. The minimum absolute atomic E-state index is 0.297. The van der Waals surface area contributed by atoms with Crippen LogP contribution in [0.2, 0.25) is 0 Å². The van der Waals surface area contributed by atoms with Crippen LogP contribution in [0.25, 0.3) is 5.57 Å². The maximum atomic E-state index is 12.4. The van der Waals surface area contributed by atoms with Crippen LogP contribution in [0, 0.1) is 0 Å². The number of rotatable bonds is 5. The van der Waals surface area contributed by atoms with Gasteiger partial charge in [-0.1, -0.05) is 13.8 Å². The third kappa shape index (κ3) is 5.98. The van der Waals surface area contributed by atoms with E-state index >= 15 is 0 Å². The molecule has 0 saturated heterocycles. The van der Waals surface area contributed by atoms with Crippen LogP contribution in [0.3, 0.4) is 0 Å². The Hall–Kier alpha value is -4.02. The van der Waals surface area contributed by atoms with Gasteiger partial charge < -0.3 is 20.3 Å². The number of hydrogen-bond acceptors (Lipinski definition) is 7. The monoisotopic (exact) mass is 430 g/mol. The van der Waals surface area contributed by atoms with E-state index in [2.05, 4.69) is 15.3 Å². The lowest BCUT2D eigenvalue weighted by molar-refractivity contribution is -0.159. The number of carbonyl (C=O) groups excluding carboxylic acids is 2. The summed E-state index contributed by atoms with van der Waals surface area (Å²) in [7, 11) is 0. The van der Waals surface area contributed by atoms with Crippen LogP contribution in [-0.2, 0) is 9.59 Å². The summed E-state index contributed by atoms with van der Waals surface area (Å²) in [5, 5.41) is 17.5. The first kappa shape index (κ1) is 23.3. The molecule has 3 rings (SSSR count). The number of hydrogen-bond donors (Lipinski definition) is 3. The van der Waals surface area contributed by atoms with Crippen LogP contribution >= 0.6 is 0 Å². The fraction of sp³-hybridized carbons (Fsp3) is 0.300. The maximum Gasteiger partial charge on any atom is 0.423 e. The van der Waals surface area contributed by atoms with Crippen molar-refractivity contribution >= 4 is 47.4 Å². The van der Waals surface area contributed by atoms with E-state index < -0.39 is 24.1 Å². The summed E-state index contributed by atoms with van der Waals surface area (Å²) in [4.78, 5) is 52.4. The van der Waals surface area contributed by atoms with Crippen LogP contribution in [0.1, 0.15) is 32.3 Å². The number of carbonyl (C=O) groups is 4. The Morgan fingerprint density at radius 3 is 2.42 bits per heavy atom. The van der Waals surface area contributed by atoms with Gasteiger partial charge in [0.2, 0.25) is 0 Å². The first-order chi connectivity index (χ1) is 14.8. The van der Waals surface area contributed by atoms with Crippen molar-refractivity contribution in [2.45, 2.75) is 26.7 Å².